The zero-order chi connectivity index (χ0) is 92.5. The number of hydrogen-bond donors (Lipinski definition) is 12. The number of halogens is 30. The molecule has 0 aliphatic carbocycles. The number of ether oxygens (including phenoxy) is 1. The van der Waals surface area contributed by atoms with Gasteiger partial charge in [0.1, 0.15) is 32.8 Å². The lowest BCUT2D eigenvalue weighted by Crippen LogP contribution is -2.67. The second-order valence-corrected chi connectivity index (χ2v) is 39.1. The van der Waals surface area contributed by atoms with Crippen molar-refractivity contribution < 1.29 is 269 Å². The molecule has 4 aromatic carbocycles. The molecular weight excluding hydrogens is 1980 g/mol. The molecule has 37 nitrogen and oxygen atoms in total. The second-order valence-electron chi connectivity index (χ2n) is 19.4. The zero-order valence-electron chi connectivity index (χ0n) is 50.9. The second kappa shape index (κ2) is 32.8. The molecule has 78 heteroatoms. The summed E-state index contributed by atoms with van der Waals surface area (Å²) >= 11 is 10.8. The van der Waals surface area contributed by atoms with Crippen molar-refractivity contribution in [1.29, 1.82) is 0 Å². The summed E-state index contributed by atoms with van der Waals surface area (Å²) in [6, 6.07) is 3.51. The Kier molecular flexibility index (Phi) is 30.3. The van der Waals surface area contributed by atoms with Gasteiger partial charge in [0.15, 0.2) is 28.2 Å². The van der Waals surface area contributed by atoms with Crippen LogP contribution in [0.4, 0.5) is 123 Å². The van der Waals surface area contributed by atoms with Gasteiger partial charge in [0.05, 0.1) is 9.92 Å². The maximum Gasteiger partial charge on any atom is 0.460 e. The third-order valence-corrected chi connectivity index (χ3v) is 29.0. The molecule has 0 spiro atoms. The molecule has 0 aromatic heterocycles. The minimum absolute atomic E-state index is 0.00936. The van der Waals surface area contributed by atoms with Gasteiger partial charge in [-0.05, 0) is 30.3 Å². The molecule has 0 heterocycles. The van der Waals surface area contributed by atoms with Crippen LogP contribution in [0.15, 0.2) is 80.2 Å². The molecular formula is C37H22Cl2F28N4O33S11. The smallest absolute Gasteiger partial charge is 0.460 e. The molecule has 0 saturated heterocycles. The molecule has 0 bridgehead atoms. The van der Waals surface area contributed by atoms with E-state index in [2.05, 4.69) is 4.89 Å². The number of carbonyl (C=O) groups is 1. The molecule has 0 radical (unpaired) electrons. The molecule has 4 rings (SSSR count). The lowest BCUT2D eigenvalue weighted by atomic mass is 10.2. The van der Waals surface area contributed by atoms with Crippen LogP contribution >= 0.6 is 23.2 Å². The van der Waals surface area contributed by atoms with Gasteiger partial charge in [-0.2, -0.15) is 136 Å². The summed E-state index contributed by atoms with van der Waals surface area (Å²) in [5.41, 5.74) is 0. The average molecular weight is 2010 g/mol. The average Bonchev–Trinajstić information content (AvgIpc) is 0.610. The Morgan fingerprint density at radius 1 is 0.357 bits per heavy atom. The van der Waals surface area contributed by atoms with Crippen molar-refractivity contribution in [2.75, 3.05) is 0 Å². The Morgan fingerprint density at radius 3 is 1.09 bits per heavy atom. The van der Waals surface area contributed by atoms with Gasteiger partial charge in [-0.15, -0.1) is 0 Å². The van der Waals surface area contributed by atoms with Gasteiger partial charge in [0.25, 0.3) is 80.2 Å². The summed E-state index contributed by atoms with van der Waals surface area (Å²) in [6.45, 7) is 0. The Balaban J connectivity index is 0.000000770. The lowest BCUT2D eigenvalue weighted by Gasteiger charge is -2.34. The highest BCUT2D eigenvalue weighted by Crippen LogP contribution is 2.56. The molecule has 4 aromatic rings. The molecule has 115 heavy (non-hydrogen) atoms. The monoisotopic (exact) mass is 2000 g/mol. The number of nitrogens with one attached hydrogen (secondary N) is 4. The third kappa shape index (κ3) is 20.8. The molecule has 0 amide bonds. The fraction of sp³-hybridized carbons (Fsp3) is 0.324. The SMILES string of the molecule is O=C(OO)C(F)(F)C(F)(F)S(=O)(=O)NS(=O)(=O)c1cc(O)cc(O)c1.O=S(=O)(NS(=O)(=O)C(F)(F)C(F)(F)C(F)(F)C(F)(F)S(=O)(=O)O)c1cc(O)ccc1O.O=S(=O)(NS(=O)(=O)C(F)(F)C(F)(F)OC(F)(F)C(F)(F)S(=O)(=O)O)c1cc(Cl)ccc1Cl.O=S(=O)(NS(=O)(=O)C(F)(F)C(F)(F)S(=O)(=O)O)c1c(F)c(F)cc(F)c1F. The Labute approximate surface area is 625 Å². The van der Waals surface area contributed by atoms with Crippen LogP contribution < -0.4 is 16.5 Å². The van der Waals surface area contributed by atoms with Gasteiger partial charge in [-0.1, -0.05) is 39.7 Å². The molecule has 0 aliphatic rings. The Bertz CT molecular complexity index is 5780. The van der Waals surface area contributed by atoms with Gasteiger partial charge in [0.2, 0.25) is 0 Å². The van der Waals surface area contributed by atoms with E-state index in [4.69, 9.17) is 57.4 Å². The van der Waals surface area contributed by atoms with E-state index in [9.17, 15) is 225 Å². The summed E-state index contributed by atoms with van der Waals surface area (Å²) in [4.78, 5) is 5.57. The first-order valence-corrected chi connectivity index (χ1v) is 41.4. The number of phenols is 4. The number of alkyl halides is 24. The van der Waals surface area contributed by atoms with E-state index in [-0.39, 0.29) is 22.6 Å². The van der Waals surface area contributed by atoms with Gasteiger partial charge in [-0.3, -0.25) is 18.5 Å². The van der Waals surface area contributed by atoms with Crippen LogP contribution in [0.5, 0.6) is 23.0 Å². The maximum absolute atomic E-state index is 13.8. The first-order valence-electron chi connectivity index (χ1n) is 24.4. The van der Waals surface area contributed by atoms with Crippen LogP contribution in [0.25, 0.3) is 0 Å². The molecule has 0 atom stereocenters. The highest BCUT2D eigenvalue weighted by Gasteiger charge is 2.88. The van der Waals surface area contributed by atoms with Crippen LogP contribution in [-0.4, -0.2) is 205 Å². The molecule has 664 valence electrons. The van der Waals surface area contributed by atoms with Gasteiger partial charge in [0, 0.05) is 35.4 Å². The Hall–Kier alpha value is -6.74. The predicted molar refractivity (Wildman–Crippen MR) is 303 cm³/mol. The van der Waals surface area contributed by atoms with E-state index in [1.165, 1.54) is 0 Å². The van der Waals surface area contributed by atoms with Crippen molar-refractivity contribution in [2.45, 2.75) is 86.3 Å². The van der Waals surface area contributed by atoms with Crippen LogP contribution in [0, 0.1) is 23.3 Å². The van der Waals surface area contributed by atoms with Crippen LogP contribution in [0.3, 0.4) is 0 Å². The Morgan fingerprint density at radius 2 is 0.696 bits per heavy atom. The number of benzene rings is 4. The standard InChI is InChI=1S/C10H5Cl2F8NO8S3.C10H7F8NO9S3.C9H7F4NO9S2.C8H3F8NO7S3/c11-4-1-2-5(12)6(3-4)30(22,23)21-31(24,25)9(17,18)7(13,14)29-8(15,16)10(19,20)32(26,27)28;11-7(12,8(13,14)10(17,18)31(26,27)28)9(15,16)30(24,25)19-29(22,23)6-3-4(20)1-2-5(6)21;10-8(11,7(17)23-18)9(12,13)25(21,22)14-24(19,20)6-2-4(15)1-5(16)3-6;9-2-1-3(10)5(12)6(4(2)11)25(18,19)17-26(20,21)7(13,14)8(15,16)27(22,23)24/h1-3,21H,(H,26,27,28);1-3,19-21H,(H,26,27,28);1-3,14-16,18H;1,17H,(H,22,23,24). The van der Waals surface area contributed by atoms with Crippen molar-refractivity contribution in [3.8, 4) is 23.0 Å². The lowest BCUT2D eigenvalue weighted by molar-refractivity contribution is -0.442. The fourth-order valence-corrected chi connectivity index (χ4v) is 19.9. The number of carbonyl (C=O) groups excluding carboxylic acids is 1. The maximum atomic E-state index is 13.8. The fourth-order valence-electron chi connectivity index (χ4n) is 5.81. The van der Waals surface area contributed by atoms with Crippen LogP contribution in [-0.2, 0) is 125 Å². The van der Waals surface area contributed by atoms with E-state index in [0.29, 0.717) is 42.5 Å². The molecule has 0 unspecified atom stereocenters. The van der Waals surface area contributed by atoms with Gasteiger partial charge < -0.3 is 20.4 Å². The normalized spacial score (nSPS) is 14.6. The first kappa shape index (κ1) is 106. The summed E-state index contributed by atoms with van der Waals surface area (Å²) in [5.74, 6) is -40.1. The van der Waals surface area contributed by atoms with Crippen LogP contribution in [0.1, 0.15) is 0 Å². The van der Waals surface area contributed by atoms with Gasteiger partial charge in [-0.25, -0.2) is 94.4 Å². The van der Waals surface area contributed by atoms with Crippen molar-refractivity contribution in [3.63, 3.8) is 0 Å². The minimum atomic E-state index is -7.86. The molecule has 0 saturated carbocycles. The molecule has 0 aliphatic heterocycles. The minimum Gasteiger partial charge on any atom is -0.508 e. The third-order valence-electron chi connectivity index (χ3n) is 11.2. The molecule has 12 N–H and O–H groups in total. The van der Waals surface area contributed by atoms with E-state index in [0.717, 1.165) is 6.07 Å². The van der Waals surface area contributed by atoms with E-state index in [1.807, 2.05) is 0 Å². The first-order chi connectivity index (χ1) is 50.0. The summed E-state index contributed by atoms with van der Waals surface area (Å²) in [5, 5.41) is -6.15. The number of hydrogen-bond acceptors (Lipinski definition) is 30. The van der Waals surface area contributed by atoms with E-state index < -0.39 is 265 Å². The van der Waals surface area contributed by atoms with Crippen molar-refractivity contribution in [2.24, 2.45) is 0 Å². The summed E-state index contributed by atoms with van der Waals surface area (Å²) in [6.07, 6.45) is -14.4. The van der Waals surface area contributed by atoms with Crippen molar-refractivity contribution >= 4 is 140 Å². The predicted octanol–water partition coefficient (Wildman–Crippen LogP) is 4.80. The van der Waals surface area contributed by atoms with Crippen molar-refractivity contribution in [1.82, 2.24) is 16.5 Å². The summed E-state index contributed by atoms with van der Waals surface area (Å²) < 4.78 is 644. The van der Waals surface area contributed by atoms with Crippen LogP contribution in [0.2, 0.25) is 10.0 Å². The van der Waals surface area contributed by atoms with E-state index >= 15 is 0 Å². The largest absolute Gasteiger partial charge is 0.508 e. The number of phenolic OH excluding ortho intramolecular Hbond substituents is 4. The number of aromatic hydroxyl groups is 4. The highest BCUT2D eigenvalue weighted by atomic mass is 35.5. The van der Waals surface area contributed by atoms with Gasteiger partial charge >= 0.3 is 103 Å². The zero-order valence-corrected chi connectivity index (χ0v) is 61.4. The number of rotatable bonds is 29. The topological polar surface area (TPSA) is 621 Å². The van der Waals surface area contributed by atoms with E-state index in [1.54, 1.807) is 4.74 Å². The van der Waals surface area contributed by atoms with Crippen molar-refractivity contribution in [3.05, 3.63) is 94.0 Å². The summed E-state index contributed by atoms with van der Waals surface area (Å²) in [7, 11) is -75.1. The molecule has 0 fully saturated rings. The highest BCUT2D eigenvalue weighted by molar-refractivity contribution is 8.07. The quantitative estimate of drug-likeness (QED) is 0.00867. The number of sulfonamides is 8.